The van der Waals surface area contributed by atoms with Crippen molar-refractivity contribution in [2.75, 3.05) is 0 Å². The van der Waals surface area contributed by atoms with Gasteiger partial charge in [0.25, 0.3) is 5.91 Å². The van der Waals surface area contributed by atoms with E-state index in [1.807, 2.05) is 13.8 Å². The fourth-order valence-corrected chi connectivity index (χ4v) is 1.78. The van der Waals surface area contributed by atoms with Gasteiger partial charge >= 0.3 is 0 Å². The molecule has 98 valence electrons. The molecule has 1 aromatic heterocycles. The van der Waals surface area contributed by atoms with E-state index in [0.29, 0.717) is 5.69 Å². The van der Waals surface area contributed by atoms with Gasteiger partial charge in [-0.05, 0) is 43.7 Å². The highest BCUT2D eigenvalue weighted by molar-refractivity contribution is 5.92. The maximum absolute atomic E-state index is 12.9. The van der Waals surface area contributed by atoms with E-state index in [4.69, 9.17) is 0 Å². The molecule has 0 atom stereocenters. The molecule has 0 radical (unpaired) electrons. The first-order chi connectivity index (χ1) is 8.99. The van der Waals surface area contributed by atoms with Crippen molar-refractivity contribution >= 4 is 5.91 Å². The molecule has 1 aromatic carbocycles. The third-order valence-electron chi connectivity index (χ3n) is 2.89. The fourth-order valence-electron chi connectivity index (χ4n) is 1.78. The van der Waals surface area contributed by atoms with Crippen LogP contribution in [0.2, 0.25) is 0 Å². The molecule has 2 aromatic rings. The van der Waals surface area contributed by atoms with Crippen LogP contribution in [0.25, 0.3) is 0 Å². The monoisotopic (exact) mass is 258 g/mol. The number of rotatable bonds is 3. The Hall–Kier alpha value is -2.23. The lowest BCUT2D eigenvalue weighted by atomic mass is 9.94. The average Bonchev–Trinajstić information content (AvgIpc) is 2.40. The van der Waals surface area contributed by atoms with Crippen LogP contribution in [0.1, 0.15) is 29.9 Å². The van der Waals surface area contributed by atoms with Crippen molar-refractivity contribution in [1.29, 1.82) is 0 Å². The lowest BCUT2D eigenvalue weighted by Gasteiger charge is -2.26. The molecule has 19 heavy (non-hydrogen) atoms. The van der Waals surface area contributed by atoms with Crippen molar-refractivity contribution in [3.63, 3.8) is 0 Å². The second kappa shape index (κ2) is 5.18. The van der Waals surface area contributed by atoms with E-state index >= 15 is 0 Å². The zero-order valence-corrected chi connectivity index (χ0v) is 10.9. The zero-order chi connectivity index (χ0) is 13.9. The SMILES string of the molecule is CC(C)(NC(=O)c1ccccn1)c1ccc(F)cc1. The maximum Gasteiger partial charge on any atom is 0.270 e. The van der Waals surface area contributed by atoms with Gasteiger partial charge in [-0.25, -0.2) is 4.39 Å². The van der Waals surface area contributed by atoms with Gasteiger partial charge in [0.1, 0.15) is 11.5 Å². The molecular weight excluding hydrogens is 243 g/mol. The molecule has 1 N–H and O–H groups in total. The lowest BCUT2D eigenvalue weighted by Crippen LogP contribution is -2.41. The van der Waals surface area contributed by atoms with Crippen LogP contribution in [0.3, 0.4) is 0 Å². The molecule has 0 aliphatic rings. The van der Waals surface area contributed by atoms with Gasteiger partial charge in [0, 0.05) is 6.20 Å². The Labute approximate surface area is 111 Å². The number of hydrogen-bond donors (Lipinski definition) is 1. The summed E-state index contributed by atoms with van der Waals surface area (Å²) in [5.41, 5.74) is 0.596. The van der Waals surface area contributed by atoms with Gasteiger partial charge in [-0.3, -0.25) is 9.78 Å². The molecule has 1 heterocycles. The zero-order valence-electron chi connectivity index (χ0n) is 10.9. The van der Waals surface area contributed by atoms with Gasteiger partial charge in [0.15, 0.2) is 0 Å². The van der Waals surface area contributed by atoms with E-state index in [2.05, 4.69) is 10.3 Å². The third kappa shape index (κ3) is 3.16. The molecule has 4 heteroatoms. The number of nitrogens with zero attached hydrogens (tertiary/aromatic N) is 1. The lowest BCUT2D eigenvalue weighted by molar-refractivity contribution is 0.0907. The number of carbonyl (C=O) groups is 1. The van der Waals surface area contributed by atoms with Crippen molar-refractivity contribution in [2.24, 2.45) is 0 Å². The summed E-state index contributed by atoms with van der Waals surface area (Å²) in [5.74, 6) is -0.550. The van der Waals surface area contributed by atoms with Gasteiger partial charge in [-0.2, -0.15) is 0 Å². The van der Waals surface area contributed by atoms with Crippen LogP contribution in [0.5, 0.6) is 0 Å². The number of carbonyl (C=O) groups excluding carboxylic acids is 1. The van der Waals surface area contributed by atoms with Crippen molar-refractivity contribution in [3.05, 3.63) is 65.7 Å². The number of hydrogen-bond acceptors (Lipinski definition) is 2. The number of pyridine rings is 1. The maximum atomic E-state index is 12.9. The van der Waals surface area contributed by atoms with Crippen LogP contribution in [0, 0.1) is 5.82 Å². The molecule has 1 amide bonds. The molecule has 0 unspecified atom stereocenters. The summed E-state index contributed by atoms with van der Waals surface area (Å²) in [6.45, 7) is 3.72. The van der Waals surface area contributed by atoms with Gasteiger partial charge in [-0.15, -0.1) is 0 Å². The minimum absolute atomic E-state index is 0.255. The Morgan fingerprint density at radius 3 is 2.42 bits per heavy atom. The topological polar surface area (TPSA) is 42.0 Å². The van der Waals surface area contributed by atoms with Crippen molar-refractivity contribution < 1.29 is 9.18 Å². The number of aromatic nitrogens is 1. The second-order valence-corrected chi connectivity index (χ2v) is 4.80. The van der Waals surface area contributed by atoms with Crippen molar-refractivity contribution in [1.82, 2.24) is 10.3 Å². The first-order valence-electron chi connectivity index (χ1n) is 5.98. The van der Waals surface area contributed by atoms with E-state index < -0.39 is 5.54 Å². The molecule has 0 fully saturated rings. The highest BCUT2D eigenvalue weighted by atomic mass is 19.1. The minimum Gasteiger partial charge on any atom is -0.342 e. The normalized spacial score (nSPS) is 11.1. The summed E-state index contributed by atoms with van der Waals surface area (Å²) in [6.07, 6.45) is 1.57. The first kappa shape index (κ1) is 13.2. The van der Waals surface area contributed by atoms with E-state index in [-0.39, 0.29) is 11.7 Å². The van der Waals surface area contributed by atoms with E-state index in [1.54, 1.807) is 36.5 Å². The predicted molar refractivity (Wildman–Crippen MR) is 71.1 cm³/mol. The van der Waals surface area contributed by atoms with Gasteiger partial charge in [0.2, 0.25) is 0 Å². The van der Waals surface area contributed by atoms with Crippen LogP contribution < -0.4 is 5.32 Å². The quantitative estimate of drug-likeness (QED) is 0.919. The van der Waals surface area contributed by atoms with Crippen molar-refractivity contribution in [2.45, 2.75) is 19.4 Å². The highest BCUT2D eigenvalue weighted by Crippen LogP contribution is 2.20. The van der Waals surface area contributed by atoms with Gasteiger partial charge < -0.3 is 5.32 Å². The fraction of sp³-hybridized carbons (Fsp3) is 0.200. The number of halogens is 1. The second-order valence-electron chi connectivity index (χ2n) is 4.80. The van der Waals surface area contributed by atoms with Gasteiger partial charge in [-0.1, -0.05) is 18.2 Å². The highest BCUT2D eigenvalue weighted by Gasteiger charge is 2.23. The molecule has 0 aliphatic carbocycles. The summed E-state index contributed by atoms with van der Waals surface area (Å²) in [5, 5.41) is 2.88. The molecule has 0 saturated heterocycles. The van der Waals surface area contributed by atoms with E-state index in [9.17, 15) is 9.18 Å². The molecular formula is C15H15FN2O. The molecule has 2 rings (SSSR count). The van der Waals surface area contributed by atoms with Crippen LogP contribution in [-0.4, -0.2) is 10.9 Å². The van der Waals surface area contributed by atoms with Crippen LogP contribution in [0.4, 0.5) is 4.39 Å². The Balaban J connectivity index is 2.17. The Kier molecular flexibility index (Phi) is 3.60. The first-order valence-corrected chi connectivity index (χ1v) is 5.98. The van der Waals surface area contributed by atoms with Gasteiger partial charge in [0.05, 0.1) is 5.54 Å². The summed E-state index contributed by atoms with van der Waals surface area (Å²) in [7, 11) is 0. The Morgan fingerprint density at radius 2 is 1.84 bits per heavy atom. The van der Waals surface area contributed by atoms with Crippen LogP contribution in [0.15, 0.2) is 48.7 Å². The summed E-state index contributed by atoms with van der Waals surface area (Å²) in [6, 6.07) is 11.2. The summed E-state index contributed by atoms with van der Waals surface area (Å²) < 4.78 is 12.9. The average molecular weight is 258 g/mol. The van der Waals surface area contributed by atoms with Crippen LogP contribution in [-0.2, 0) is 5.54 Å². The molecule has 0 saturated carbocycles. The molecule has 0 spiro atoms. The number of benzene rings is 1. The Bertz CT molecular complexity index is 564. The van der Waals surface area contributed by atoms with Crippen LogP contribution >= 0.6 is 0 Å². The third-order valence-corrected chi connectivity index (χ3v) is 2.89. The standard InChI is InChI=1S/C15H15FN2O/c1-15(2,11-6-8-12(16)9-7-11)18-14(19)13-5-3-4-10-17-13/h3-10H,1-2H3,(H,18,19). The Morgan fingerprint density at radius 1 is 1.16 bits per heavy atom. The largest absolute Gasteiger partial charge is 0.342 e. The molecule has 3 nitrogen and oxygen atoms in total. The predicted octanol–water partition coefficient (Wildman–Crippen LogP) is 2.89. The molecule has 0 aliphatic heterocycles. The van der Waals surface area contributed by atoms with E-state index in [1.165, 1.54) is 12.1 Å². The number of amides is 1. The van der Waals surface area contributed by atoms with E-state index in [0.717, 1.165) is 5.56 Å². The molecule has 0 bridgehead atoms. The van der Waals surface area contributed by atoms with Crippen molar-refractivity contribution in [3.8, 4) is 0 Å². The summed E-state index contributed by atoms with van der Waals surface area (Å²) in [4.78, 5) is 16.1. The smallest absolute Gasteiger partial charge is 0.270 e. The summed E-state index contributed by atoms with van der Waals surface area (Å²) >= 11 is 0. The number of nitrogens with one attached hydrogen (secondary N) is 1. The minimum atomic E-state index is -0.595.